The van der Waals surface area contributed by atoms with Gasteiger partial charge >= 0.3 is 0 Å². The molecule has 0 spiro atoms. The van der Waals surface area contributed by atoms with Crippen molar-refractivity contribution in [1.82, 2.24) is 10.2 Å². The van der Waals surface area contributed by atoms with Gasteiger partial charge in [-0.1, -0.05) is 78.3 Å². The minimum Gasteiger partial charge on any atom is -0.355 e. The second kappa shape index (κ2) is 13.2. The van der Waals surface area contributed by atoms with E-state index in [1.807, 2.05) is 55.5 Å². The molecule has 3 rings (SSSR count). The number of amides is 2. The first kappa shape index (κ1) is 25.8. The molecule has 178 valence electrons. The van der Waals surface area contributed by atoms with Crippen LogP contribution in [0.25, 0.3) is 0 Å². The average Bonchev–Trinajstić information content (AvgIpc) is 2.84. The Morgan fingerprint density at radius 3 is 2.29 bits per heavy atom. The minimum atomic E-state index is -0.708. The van der Waals surface area contributed by atoms with Crippen LogP contribution < -0.4 is 5.32 Å². The van der Waals surface area contributed by atoms with Crippen LogP contribution in [0.4, 0.5) is 4.39 Å². The van der Waals surface area contributed by atoms with Gasteiger partial charge in [0.2, 0.25) is 11.8 Å². The molecule has 0 aliphatic heterocycles. The molecule has 4 nitrogen and oxygen atoms in total. The summed E-state index contributed by atoms with van der Waals surface area (Å²) in [4.78, 5) is 28.2. The van der Waals surface area contributed by atoms with Gasteiger partial charge in [0.15, 0.2) is 0 Å². The Bertz CT molecular complexity index is 1100. The predicted octanol–water partition coefficient (Wildman–Crippen LogP) is 5.49. The van der Waals surface area contributed by atoms with Crippen LogP contribution in [0, 0.1) is 5.82 Å². The summed E-state index contributed by atoms with van der Waals surface area (Å²) in [6.45, 7) is 2.51. The fraction of sp³-hybridized carbons (Fsp3) is 0.259. The molecule has 0 aliphatic rings. The first-order valence-corrected chi connectivity index (χ1v) is 12.7. The van der Waals surface area contributed by atoms with Gasteiger partial charge in [0.1, 0.15) is 11.9 Å². The lowest BCUT2D eigenvalue weighted by atomic mass is 10.0. The number of nitrogens with zero attached hydrogens (tertiary/aromatic N) is 1. The third kappa shape index (κ3) is 7.34. The van der Waals surface area contributed by atoms with Crippen molar-refractivity contribution in [2.45, 2.75) is 31.7 Å². The summed E-state index contributed by atoms with van der Waals surface area (Å²) >= 11 is 7.72. The number of hydrogen-bond acceptors (Lipinski definition) is 3. The lowest BCUT2D eigenvalue weighted by Gasteiger charge is -2.31. The van der Waals surface area contributed by atoms with Crippen molar-refractivity contribution in [3.05, 3.63) is 106 Å². The van der Waals surface area contributed by atoms with Crippen molar-refractivity contribution in [3.8, 4) is 0 Å². The number of hydrogen-bond donors (Lipinski definition) is 1. The smallest absolute Gasteiger partial charge is 0.243 e. The Morgan fingerprint density at radius 2 is 1.62 bits per heavy atom. The molecule has 0 saturated heterocycles. The number of nitrogens with one attached hydrogen (secondary N) is 1. The number of likely N-dealkylation sites (N-methyl/N-ethyl adjacent to an activating group) is 1. The Kier molecular flexibility index (Phi) is 9.98. The van der Waals surface area contributed by atoms with Gasteiger partial charge in [0.25, 0.3) is 0 Å². The van der Waals surface area contributed by atoms with Gasteiger partial charge in [0, 0.05) is 30.3 Å². The van der Waals surface area contributed by atoms with Crippen molar-refractivity contribution in [2.75, 3.05) is 12.3 Å². The van der Waals surface area contributed by atoms with E-state index in [2.05, 4.69) is 5.32 Å². The molecule has 0 aliphatic carbocycles. The van der Waals surface area contributed by atoms with E-state index >= 15 is 0 Å². The Balaban J connectivity index is 1.84. The van der Waals surface area contributed by atoms with E-state index in [1.54, 1.807) is 29.2 Å². The topological polar surface area (TPSA) is 49.4 Å². The maximum Gasteiger partial charge on any atom is 0.243 e. The lowest BCUT2D eigenvalue weighted by molar-refractivity contribution is -0.139. The quantitative estimate of drug-likeness (QED) is 0.380. The summed E-state index contributed by atoms with van der Waals surface area (Å²) in [7, 11) is 0. The molecule has 1 N–H and O–H groups in total. The van der Waals surface area contributed by atoms with Crippen molar-refractivity contribution in [1.29, 1.82) is 0 Å². The monoisotopic (exact) mass is 498 g/mol. The zero-order valence-electron chi connectivity index (χ0n) is 19.0. The standard InChI is InChI=1S/C27H28ClFN2O2S/c1-2-30-27(33)25(16-20-10-4-3-5-11-20)31(17-21-12-6-8-14-23(21)28)26(32)19-34-18-22-13-7-9-15-24(22)29/h3-15,25H,2,16-19H2,1H3,(H,30,33)/t25-/m1/s1. The third-order valence-electron chi connectivity index (χ3n) is 5.36. The summed E-state index contributed by atoms with van der Waals surface area (Å²) < 4.78 is 14.0. The van der Waals surface area contributed by atoms with Crippen molar-refractivity contribution < 1.29 is 14.0 Å². The highest BCUT2D eigenvalue weighted by Crippen LogP contribution is 2.22. The van der Waals surface area contributed by atoms with Crippen LogP contribution in [-0.2, 0) is 28.3 Å². The van der Waals surface area contributed by atoms with E-state index in [9.17, 15) is 14.0 Å². The molecule has 0 unspecified atom stereocenters. The predicted molar refractivity (Wildman–Crippen MR) is 137 cm³/mol. The third-order valence-corrected chi connectivity index (χ3v) is 6.70. The lowest BCUT2D eigenvalue weighted by Crippen LogP contribution is -2.51. The summed E-state index contributed by atoms with van der Waals surface area (Å²) in [6.07, 6.45) is 0.376. The van der Waals surface area contributed by atoms with Gasteiger partial charge < -0.3 is 10.2 Å². The molecular formula is C27H28ClFN2O2S. The van der Waals surface area contributed by atoms with Crippen molar-refractivity contribution in [3.63, 3.8) is 0 Å². The molecule has 1 atom stereocenters. The summed E-state index contributed by atoms with van der Waals surface area (Å²) in [5.74, 6) is -0.231. The second-order valence-corrected chi connectivity index (χ2v) is 9.19. The fourth-order valence-corrected chi connectivity index (χ4v) is 4.69. The molecular weight excluding hydrogens is 471 g/mol. The maximum absolute atomic E-state index is 14.0. The molecule has 0 radical (unpaired) electrons. The number of halogens is 2. The molecule has 0 heterocycles. The number of carbonyl (C=O) groups excluding carboxylic acids is 2. The van der Waals surface area contributed by atoms with Crippen LogP contribution in [-0.4, -0.2) is 35.1 Å². The maximum atomic E-state index is 14.0. The normalized spacial score (nSPS) is 11.6. The van der Waals surface area contributed by atoms with Gasteiger partial charge in [-0.2, -0.15) is 0 Å². The number of thioether (sulfide) groups is 1. The number of benzene rings is 3. The van der Waals surface area contributed by atoms with E-state index in [-0.39, 0.29) is 29.9 Å². The molecule has 3 aromatic carbocycles. The zero-order chi connectivity index (χ0) is 24.3. The first-order valence-electron chi connectivity index (χ1n) is 11.1. The molecule has 0 saturated carbocycles. The van der Waals surface area contributed by atoms with Gasteiger partial charge in [-0.15, -0.1) is 11.8 Å². The molecule has 0 aromatic heterocycles. The van der Waals surface area contributed by atoms with E-state index < -0.39 is 6.04 Å². The molecule has 2 amide bonds. The van der Waals surface area contributed by atoms with Gasteiger partial charge in [-0.25, -0.2) is 4.39 Å². The Labute approximate surface area is 209 Å². The Hall–Kier alpha value is -2.83. The SMILES string of the molecule is CCNC(=O)[C@@H](Cc1ccccc1)N(Cc1ccccc1Cl)C(=O)CSCc1ccccc1F. The molecule has 0 fully saturated rings. The molecule has 34 heavy (non-hydrogen) atoms. The summed E-state index contributed by atoms with van der Waals surface area (Å²) in [5, 5.41) is 3.40. The Morgan fingerprint density at radius 1 is 0.971 bits per heavy atom. The molecule has 3 aromatic rings. The van der Waals surface area contributed by atoms with Crippen LogP contribution >= 0.6 is 23.4 Å². The average molecular weight is 499 g/mol. The van der Waals surface area contributed by atoms with Gasteiger partial charge in [-0.3, -0.25) is 9.59 Å². The number of rotatable bonds is 11. The molecule has 7 heteroatoms. The number of carbonyl (C=O) groups is 2. The van der Waals surface area contributed by atoms with Crippen LogP contribution in [0.5, 0.6) is 0 Å². The largest absolute Gasteiger partial charge is 0.355 e. The highest BCUT2D eigenvalue weighted by molar-refractivity contribution is 7.99. The highest BCUT2D eigenvalue weighted by atomic mass is 35.5. The van der Waals surface area contributed by atoms with Crippen LogP contribution in [0.15, 0.2) is 78.9 Å². The van der Waals surface area contributed by atoms with E-state index in [0.29, 0.717) is 29.3 Å². The van der Waals surface area contributed by atoms with E-state index in [1.165, 1.54) is 17.8 Å². The van der Waals surface area contributed by atoms with Gasteiger partial charge in [-0.05, 0) is 35.7 Å². The summed E-state index contributed by atoms with van der Waals surface area (Å²) in [5.41, 5.74) is 2.26. The highest BCUT2D eigenvalue weighted by Gasteiger charge is 2.30. The van der Waals surface area contributed by atoms with E-state index in [0.717, 1.165) is 11.1 Å². The van der Waals surface area contributed by atoms with Crippen molar-refractivity contribution >= 4 is 35.2 Å². The summed E-state index contributed by atoms with van der Waals surface area (Å²) in [6, 6.07) is 22.7. The van der Waals surface area contributed by atoms with Crippen LogP contribution in [0.3, 0.4) is 0 Å². The minimum absolute atomic E-state index is 0.115. The molecule has 0 bridgehead atoms. The first-order chi connectivity index (χ1) is 16.5. The zero-order valence-corrected chi connectivity index (χ0v) is 20.6. The fourth-order valence-electron chi connectivity index (χ4n) is 3.60. The van der Waals surface area contributed by atoms with Crippen LogP contribution in [0.2, 0.25) is 5.02 Å². The van der Waals surface area contributed by atoms with Crippen LogP contribution in [0.1, 0.15) is 23.6 Å². The second-order valence-electron chi connectivity index (χ2n) is 7.80. The van der Waals surface area contributed by atoms with Gasteiger partial charge in [0.05, 0.1) is 5.75 Å². The van der Waals surface area contributed by atoms with E-state index in [4.69, 9.17) is 11.6 Å². The van der Waals surface area contributed by atoms with Crippen molar-refractivity contribution in [2.24, 2.45) is 0 Å².